The molecule has 1 heterocycles. The number of rotatable bonds is 4. The van der Waals surface area contributed by atoms with Crippen LogP contribution in [0.1, 0.15) is 10.4 Å². The quantitative estimate of drug-likeness (QED) is 0.739. The molecule has 1 amide bonds. The molecule has 0 aliphatic heterocycles. The zero-order chi connectivity index (χ0) is 14.8. The molecule has 0 unspecified atom stereocenters. The predicted octanol–water partition coefficient (Wildman–Crippen LogP) is 4.30. The molecular formula is C13H11BrF3NOS. The van der Waals surface area contributed by atoms with Gasteiger partial charge in [-0.3, -0.25) is 4.79 Å². The Morgan fingerprint density at radius 1 is 1.30 bits per heavy atom. The van der Waals surface area contributed by atoms with Crippen LogP contribution in [0.15, 0.2) is 29.6 Å². The highest BCUT2D eigenvalue weighted by atomic mass is 79.9. The number of hydrogen-bond donors (Lipinski definition) is 0. The molecule has 2 rings (SSSR count). The van der Waals surface area contributed by atoms with Crippen LogP contribution >= 0.6 is 27.3 Å². The summed E-state index contributed by atoms with van der Waals surface area (Å²) in [6.45, 7) is -1.22. The average Bonchev–Trinajstić information content (AvgIpc) is 2.79. The van der Waals surface area contributed by atoms with Crippen LogP contribution in [-0.4, -0.2) is 35.4 Å². The molecule has 0 spiro atoms. The summed E-state index contributed by atoms with van der Waals surface area (Å²) in [7, 11) is 0. The molecule has 1 aromatic heterocycles. The van der Waals surface area contributed by atoms with Gasteiger partial charge in [0.25, 0.3) is 5.91 Å². The highest BCUT2D eigenvalue weighted by Gasteiger charge is 2.33. The van der Waals surface area contributed by atoms with E-state index in [9.17, 15) is 18.0 Å². The maximum Gasteiger partial charge on any atom is 0.406 e. The first-order chi connectivity index (χ1) is 9.42. The van der Waals surface area contributed by atoms with E-state index in [1.54, 1.807) is 17.5 Å². The van der Waals surface area contributed by atoms with E-state index in [-0.39, 0.29) is 6.54 Å². The van der Waals surface area contributed by atoms with Crippen molar-refractivity contribution in [1.82, 2.24) is 4.90 Å². The molecule has 0 fully saturated rings. The second kappa shape index (κ2) is 6.13. The van der Waals surface area contributed by atoms with Crippen molar-refractivity contribution in [2.45, 2.75) is 6.18 Å². The Balaban J connectivity index is 2.31. The van der Waals surface area contributed by atoms with Crippen molar-refractivity contribution in [2.75, 3.05) is 18.4 Å². The maximum absolute atomic E-state index is 12.5. The summed E-state index contributed by atoms with van der Waals surface area (Å²) in [5.74, 6) is -0.584. The number of nitrogens with zero attached hydrogens (tertiary/aromatic N) is 1. The second-order valence-corrected chi connectivity index (χ2v) is 5.88. The number of hydrogen-bond acceptors (Lipinski definition) is 2. The minimum absolute atomic E-state index is 0.0164. The van der Waals surface area contributed by atoms with E-state index in [0.717, 1.165) is 9.60 Å². The van der Waals surface area contributed by atoms with E-state index in [0.29, 0.717) is 16.3 Å². The lowest BCUT2D eigenvalue weighted by Crippen LogP contribution is -2.40. The molecule has 0 aliphatic rings. The zero-order valence-electron chi connectivity index (χ0n) is 10.3. The summed E-state index contributed by atoms with van der Waals surface area (Å²) in [6.07, 6.45) is -4.40. The van der Waals surface area contributed by atoms with Gasteiger partial charge in [-0.15, -0.1) is 11.3 Å². The molecule has 0 N–H and O–H groups in total. The SMILES string of the molecule is O=C(c1csc2ccccc12)N(CCBr)CC(F)(F)F. The van der Waals surface area contributed by atoms with Crippen LogP contribution in [0, 0.1) is 0 Å². The van der Waals surface area contributed by atoms with E-state index >= 15 is 0 Å². The lowest BCUT2D eigenvalue weighted by molar-refractivity contribution is -0.140. The number of fused-ring (bicyclic) bond motifs is 1. The van der Waals surface area contributed by atoms with Crippen molar-refractivity contribution >= 4 is 43.3 Å². The van der Waals surface area contributed by atoms with Gasteiger partial charge in [0.15, 0.2) is 0 Å². The normalized spacial score (nSPS) is 11.8. The molecule has 0 atom stereocenters. The van der Waals surface area contributed by atoms with Crippen LogP contribution in [0.5, 0.6) is 0 Å². The van der Waals surface area contributed by atoms with Crippen LogP contribution < -0.4 is 0 Å². The van der Waals surface area contributed by atoms with E-state index in [2.05, 4.69) is 15.9 Å². The third-order valence-electron chi connectivity index (χ3n) is 2.72. The number of halogens is 4. The fourth-order valence-electron chi connectivity index (χ4n) is 1.88. The molecular weight excluding hydrogens is 355 g/mol. The van der Waals surface area contributed by atoms with Crippen molar-refractivity contribution < 1.29 is 18.0 Å². The molecule has 7 heteroatoms. The van der Waals surface area contributed by atoms with E-state index in [4.69, 9.17) is 0 Å². The van der Waals surface area contributed by atoms with E-state index < -0.39 is 18.6 Å². The average molecular weight is 366 g/mol. The fraction of sp³-hybridized carbons (Fsp3) is 0.308. The summed E-state index contributed by atoms with van der Waals surface area (Å²) in [6, 6.07) is 7.19. The molecule has 108 valence electrons. The van der Waals surface area contributed by atoms with Gasteiger partial charge in [0, 0.05) is 27.3 Å². The minimum atomic E-state index is -4.40. The largest absolute Gasteiger partial charge is 0.406 e. The van der Waals surface area contributed by atoms with Gasteiger partial charge < -0.3 is 4.90 Å². The van der Waals surface area contributed by atoms with Crippen molar-refractivity contribution in [3.8, 4) is 0 Å². The number of carbonyl (C=O) groups excluding carboxylic acids is 1. The lowest BCUT2D eigenvalue weighted by atomic mass is 10.1. The van der Waals surface area contributed by atoms with Gasteiger partial charge in [-0.2, -0.15) is 13.2 Å². The van der Waals surface area contributed by atoms with Crippen molar-refractivity contribution in [3.63, 3.8) is 0 Å². The topological polar surface area (TPSA) is 20.3 Å². The van der Waals surface area contributed by atoms with Gasteiger partial charge in [0.1, 0.15) is 6.54 Å². The Labute approximate surface area is 126 Å². The Kier molecular flexibility index (Phi) is 4.70. The molecule has 0 saturated carbocycles. The molecule has 20 heavy (non-hydrogen) atoms. The summed E-state index contributed by atoms with van der Waals surface area (Å²) < 4.78 is 38.5. The standard InChI is InChI=1S/C13H11BrF3NOS/c14-5-6-18(8-13(15,16)17)12(19)10-7-20-11-4-2-1-3-9(10)11/h1-4,7H,5-6,8H2. The van der Waals surface area contributed by atoms with Crippen molar-refractivity contribution in [1.29, 1.82) is 0 Å². The zero-order valence-corrected chi connectivity index (χ0v) is 12.7. The highest BCUT2D eigenvalue weighted by molar-refractivity contribution is 9.09. The first-order valence-electron chi connectivity index (χ1n) is 5.80. The molecule has 0 radical (unpaired) electrons. The Hall–Kier alpha value is -1.08. The molecule has 0 saturated heterocycles. The first kappa shape index (κ1) is 15.3. The van der Waals surface area contributed by atoms with Crippen LogP contribution in [0.4, 0.5) is 13.2 Å². The van der Waals surface area contributed by atoms with Gasteiger partial charge in [0.05, 0.1) is 5.56 Å². The van der Waals surface area contributed by atoms with Crippen LogP contribution in [0.3, 0.4) is 0 Å². The fourth-order valence-corrected chi connectivity index (χ4v) is 3.25. The number of amides is 1. The maximum atomic E-state index is 12.5. The Morgan fingerprint density at radius 3 is 2.65 bits per heavy atom. The Morgan fingerprint density at radius 2 is 2.00 bits per heavy atom. The van der Waals surface area contributed by atoms with Gasteiger partial charge in [-0.1, -0.05) is 34.1 Å². The van der Waals surface area contributed by atoms with E-state index in [1.807, 2.05) is 12.1 Å². The Bertz CT molecular complexity index is 611. The second-order valence-electron chi connectivity index (χ2n) is 4.18. The van der Waals surface area contributed by atoms with Crippen LogP contribution in [0.2, 0.25) is 0 Å². The number of carbonyl (C=O) groups is 1. The number of alkyl halides is 4. The highest BCUT2D eigenvalue weighted by Crippen LogP contribution is 2.27. The third kappa shape index (κ3) is 3.52. The van der Waals surface area contributed by atoms with Crippen LogP contribution in [0.25, 0.3) is 10.1 Å². The van der Waals surface area contributed by atoms with Crippen molar-refractivity contribution in [3.05, 3.63) is 35.2 Å². The van der Waals surface area contributed by atoms with Crippen molar-refractivity contribution in [2.24, 2.45) is 0 Å². The van der Waals surface area contributed by atoms with Crippen LogP contribution in [-0.2, 0) is 0 Å². The van der Waals surface area contributed by atoms with Gasteiger partial charge >= 0.3 is 6.18 Å². The summed E-state index contributed by atoms with van der Waals surface area (Å²) in [5.41, 5.74) is 0.329. The van der Waals surface area contributed by atoms with Gasteiger partial charge in [-0.25, -0.2) is 0 Å². The summed E-state index contributed by atoms with van der Waals surface area (Å²) in [5, 5.41) is 2.62. The summed E-state index contributed by atoms with van der Waals surface area (Å²) >= 11 is 4.44. The lowest BCUT2D eigenvalue weighted by Gasteiger charge is -2.22. The number of benzene rings is 1. The molecule has 2 nitrogen and oxygen atoms in total. The minimum Gasteiger partial charge on any atom is -0.329 e. The molecule has 1 aromatic carbocycles. The molecule has 2 aromatic rings. The predicted molar refractivity (Wildman–Crippen MR) is 77.6 cm³/mol. The third-order valence-corrected chi connectivity index (χ3v) is 4.04. The summed E-state index contributed by atoms with van der Waals surface area (Å²) in [4.78, 5) is 13.1. The monoisotopic (exact) mass is 365 g/mol. The first-order valence-corrected chi connectivity index (χ1v) is 7.80. The van der Waals surface area contributed by atoms with Gasteiger partial charge in [-0.05, 0) is 6.07 Å². The smallest absolute Gasteiger partial charge is 0.329 e. The number of thiophene rings is 1. The van der Waals surface area contributed by atoms with E-state index in [1.165, 1.54) is 11.3 Å². The molecule has 0 bridgehead atoms. The molecule has 0 aliphatic carbocycles. The van der Waals surface area contributed by atoms with Gasteiger partial charge in [0.2, 0.25) is 0 Å².